The number of para-hydroxylation sites is 1. The molecule has 3 nitrogen and oxygen atoms in total. The molecule has 1 amide bonds. The van der Waals surface area contributed by atoms with E-state index in [1.807, 2.05) is 0 Å². The lowest BCUT2D eigenvalue weighted by Gasteiger charge is -2.10. The van der Waals surface area contributed by atoms with Crippen molar-refractivity contribution in [2.45, 2.75) is 6.54 Å². The average Bonchev–Trinajstić information content (AvgIpc) is 2.95. The van der Waals surface area contributed by atoms with Crippen LogP contribution in [-0.4, -0.2) is 10.5 Å². The summed E-state index contributed by atoms with van der Waals surface area (Å²) in [6.07, 6.45) is 0. The van der Waals surface area contributed by atoms with Crippen LogP contribution in [0, 0.1) is 17.5 Å². The molecular weight excluding hydrogens is 377 g/mol. The highest BCUT2D eigenvalue weighted by atomic mass is 35.5. The smallest absolute Gasteiger partial charge is 0.249 e. The van der Waals surface area contributed by atoms with Crippen molar-refractivity contribution >= 4 is 39.3 Å². The van der Waals surface area contributed by atoms with Crippen LogP contribution in [0.1, 0.15) is 15.9 Å². The molecule has 7 heteroatoms. The molecule has 0 aliphatic heterocycles. The number of hydrogen-bond acceptors (Lipinski definition) is 1. The second-order valence-corrected chi connectivity index (χ2v) is 6.57. The van der Waals surface area contributed by atoms with Crippen molar-refractivity contribution in [1.29, 1.82) is 0 Å². The molecule has 0 saturated heterocycles. The number of primary amides is 1. The van der Waals surface area contributed by atoms with Crippen LogP contribution in [0.25, 0.3) is 21.8 Å². The Morgan fingerprint density at radius 1 is 1.04 bits per heavy atom. The average molecular weight is 389 g/mol. The summed E-state index contributed by atoms with van der Waals surface area (Å²) in [5.41, 5.74) is 7.25. The van der Waals surface area contributed by atoms with Crippen molar-refractivity contribution in [2.24, 2.45) is 5.73 Å². The number of hydrogen-bond donors (Lipinski definition) is 1. The molecule has 0 unspecified atom stereocenters. The van der Waals surface area contributed by atoms with Crippen molar-refractivity contribution < 1.29 is 18.0 Å². The summed E-state index contributed by atoms with van der Waals surface area (Å²) in [4.78, 5) is 11.9. The first-order valence-electron chi connectivity index (χ1n) is 8.01. The third-order valence-electron chi connectivity index (χ3n) is 4.51. The van der Waals surface area contributed by atoms with Gasteiger partial charge in [0.15, 0.2) is 17.5 Å². The second-order valence-electron chi connectivity index (χ2n) is 6.16. The highest BCUT2D eigenvalue weighted by molar-refractivity contribution is 6.37. The highest BCUT2D eigenvalue weighted by Crippen LogP contribution is 2.36. The minimum Gasteiger partial charge on any atom is -0.366 e. The fraction of sp³-hybridized carbons (Fsp3) is 0.0500. The van der Waals surface area contributed by atoms with Gasteiger partial charge in [0, 0.05) is 22.9 Å². The van der Waals surface area contributed by atoms with Gasteiger partial charge in [-0.15, -0.1) is 0 Å². The van der Waals surface area contributed by atoms with Gasteiger partial charge in [-0.25, -0.2) is 13.2 Å². The lowest BCUT2D eigenvalue weighted by Crippen LogP contribution is -2.11. The third-order valence-corrected chi connectivity index (χ3v) is 4.81. The Hall–Kier alpha value is -2.99. The predicted molar refractivity (Wildman–Crippen MR) is 98.4 cm³/mol. The molecule has 4 rings (SSSR count). The zero-order chi connectivity index (χ0) is 19.3. The van der Waals surface area contributed by atoms with Crippen molar-refractivity contribution in [3.63, 3.8) is 0 Å². The summed E-state index contributed by atoms with van der Waals surface area (Å²) in [5, 5.41) is 1.70. The molecule has 0 spiro atoms. The molecule has 2 N–H and O–H groups in total. The summed E-state index contributed by atoms with van der Waals surface area (Å²) in [7, 11) is 0. The summed E-state index contributed by atoms with van der Waals surface area (Å²) in [6.45, 7) is 0.0278. The molecule has 0 aliphatic rings. The number of nitrogens with two attached hydrogens (primary N) is 1. The van der Waals surface area contributed by atoms with Crippen LogP contribution < -0.4 is 5.73 Å². The van der Waals surface area contributed by atoms with Crippen molar-refractivity contribution in [3.8, 4) is 0 Å². The van der Waals surface area contributed by atoms with Crippen LogP contribution in [0.4, 0.5) is 13.2 Å². The van der Waals surface area contributed by atoms with Crippen molar-refractivity contribution in [1.82, 2.24) is 4.57 Å². The number of nitrogens with zero attached hydrogens (tertiary/aromatic N) is 1. The minimum atomic E-state index is -1.52. The first-order chi connectivity index (χ1) is 12.9. The Balaban J connectivity index is 2.05. The van der Waals surface area contributed by atoms with E-state index in [1.54, 1.807) is 41.0 Å². The lowest BCUT2D eigenvalue weighted by molar-refractivity contribution is 0.100. The van der Waals surface area contributed by atoms with Gasteiger partial charge < -0.3 is 10.3 Å². The molecule has 0 aliphatic carbocycles. The Bertz CT molecular complexity index is 1210. The SMILES string of the molecule is NC(=O)c1cccc2c1c1cccc(Cl)c1n2Cc1cc(F)c(F)c(F)c1. The zero-order valence-electron chi connectivity index (χ0n) is 13.8. The monoisotopic (exact) mass is 388 g/mol. The molecular formula is C20H12ClF3N2O. The minimum absolute atomic E-state index is 0.0278. The number of halogens is 4. The van der Waals surface area contributed by atoms with Crippen LogP contribution >= 0.6 is 11.6 Å². The summed E-state index contributed by atoms with van der Waals surface area (Å²) < 4.78 is 42.3. The number of rotatable bonds is 3. The van der Waals surface area contributed by atoms with Gasteiger partial charge in [0.25, 0.3) is 0 Å². The van der Waals surface area contributed by atoms with Crippen LogP contribution in [0.3, 0.4) is 0 Å². The number of fused-ring (bicyclic) bond motifs is 3. The highest BCUT2D eigenvalue weighted by Gasteiger charge is 2.19. The fourth-order valence-electron chi connectivity index (χ4n) is 3.41. The maximum absolute atomic E-state index is 13.6. The van der Waals surface area contributed by atoms with E-state index < -0.39 is 23.4 Å². The van der Waals surface area contributed by atoms with E-state index in [4.69, 9.17) is 17.3 Å². The number of carbonyl (C=O) groups is 1. The maximum atomic E-state index is 13.6. The molecule has 0 radical (unpaired) electrons. The molecule has 136 valence electrons. The predicted octanol–water partition coefficient (Wildman–Crippen LogP) is 5.01. The molecule has 1 heterocycles. The second kappa shape index (κ2) is 6.32. The van der Waals surface area contributed by atoms with Gasteiger partial charge in [-0.3, -0.25) is 4.79 Å². The van der Waals surface area contributed by atoms with Gasteiger partial charge in [0.05, 0.1) is 16.1 Å². The number of amides is 1. The van der Waals surface area contributed by atoms with Gasteiger partial charge in [-0.05, 0) is 35.9 Å². The van der Waals surface area contributed by atoms with Gasteiger partial charge in [-0.2, -0.15) is 0 Å². The van der Waals surface area contributed by atoms with E-state index in [-0.39, 0.29) is 12.1 Å². The Morgan fingerprint density at radius 2 is 1.70 bits per heavy atom. The lowest BCUT2D eigenvalue weighted by atomic mass is 10.1. The van der Waals surface area contributed by atoms with E-state index in [1.165, 1.54) is 0 Å². The molecule has 0 saturated carbocycles. The molecule has 4 aromatic rings. The molecule has 0 atom stereocenters. The van der Waals surface area contributed by atoms with Gasteiger partial charge in [-0.1, -0.05) is 29.8 Å². The maximum Gasteiger partial charge on any atom is 0.249 e. The Morgan fingerprint density at radius 3 is 2.37 bits per heavy atom. The van der Waals surface area contributed by atoms with E-state index >= 15 is 0 Å². The number of aromatic nitrogens is 1. The largest absolute Gasteiger partial charge is 0.366 e. The first kappa shape index (κ1) is 17.4. The summed E-state index contributed by atoms with van der Waals surface area (Å²) in [6, 6.07) is 12.1. The van der Waals surface area contributed by atoms with Gasteiger partial charge in [0.1, 0.15) is 0 Å². The molecule has 0 bridgehead atoms. The standard InChI is InChI=1S/C20H12ClF3N2O/c21-13-5-1-3-11-17-12(20(25)27)4-2-6-16(17)26(19(11)13)9-10-7-14(22)18(24)15(23)8-10/h1-8H,9H2,(H2,25,27). The molecule has 0 fully saturated rings. The van der Waals surface area contributed by atoms with Crippen LogP contribution in [0.5, 0.6) is 0 Å². The van der Waals surface area contributed by atoms with E-state index in [0.717, 1.165) is 12.1 Å². The quantitative estimate of drug-likeness (QED) is 0.493. The first-order valence-corrected chi connectivity index (χ1v) is 8.39. The fourth-order valence-corrected chi connectivity index (χ4v) is 3.69. The van der Waals surface area contributed by atoms with Crippen LogP contribution in [0.2, 0.25) is 5.02 Å². The van der Waals surface area contributed by atoms with Crippen LogP contribution in [0.15, 0.2) is 48.5 Å². The Labute approximate surface area is 156 Å². The van der Waals surface area contributed by atoms with Crippen LogP contribution in [-0.2, 0) is 6.54 Å². The van der Waals surface area contributed by atoms with E-state index in [9.17, 15) is 18.0 Å². The number of carbonyl (C=O) groups excluding carboxylic acids is 1. The van der Waals surface area contributed by atoms with E-state index in [0.29, 0.717) is 32.4 Å². The topological polar surface area (TPSA) is 48.0 Å². The molecule has 3 aromatic carbocycles. The Kier molecular flexibility index (Phi) is 4.08. The van der Waals surface area contributed by atoms with Gasteiger partial charge in [0.2, 0.25) is 5.91 Å². The van der Waals surface area contributed by atoms with Crippen molar-refractivity contribution in [2.75, 3.05) is 0 Å². The zero-order valence-corrected chi connectivity index (χ0v) is 14.5. The normalized spacial score (nSPS) is 11.4. The molecule has 1 aromatic heterocycles. The van der Waals surface area contributed by atoms with Crippen molar-refractivity contribution in [3.05, 3.63) is 82.1 Å². The number of benzene rings is 3. The summed E-state index contributed by atoms with van der Waals surface area (Å²) in [5.74, 6) is -4.65. The van der Waals surface area contributed by atoms with Gasteiger partial charge >= 0.3 is 0 Å². The van der Waals surface area contributed by atoms with E-state index in [2.05, 4.69) is 0 Å². The molecule has 27 heavy (non-hydrogen) atoms. The summed E-state index contributed by atoms with van der Waals surface area (Å²) >= 11 is 6.37. The third kappa shape index (κ3) is 2.73.